The molecule has 0 bridgehead atoms. The van der Waals surface area contributed by atoms with E-state index in [0.29, 0.717) is 18.8 Å². The summed E-state index contributed by atoms with van der Waals surface area (Å²) >= 11 is 0. The Labute approximate surface area is 191 Å². The van der Waals surface area contributed by atoms with Gasteiger partial charge in [-0.2, -0.15) is 5.10 Å². The van der Waals surface area contributed by atoms with E-state index in [9.17, 15) is 4.79 Å². The Morgan fingerprint density at radius 3 is 2.64 bits per heavy atom. The summed E-state index contributed by atoms with van der Waals surface area (Å²) in [4.78, 5) is 14.6. The fraction of sp³-hybridized carbons (Fsp3) is 0.154. The molecule has 164 valence electrons. The third kappa shape index (κ3) is 4.25. The topological polar surface area (TPSA) is 68.8 Å². The molecule has 1 amide bonds. The van der Waals surface area contributed by atoms with E-state index in [4.69, 9.17) is 0 Å². The lowest BCUT2D eigenvalue weighted by atomic mass is 10.0. The molecule has 33 heavy (non-hydrogen) atoms. The van der Waals surface area contributed by atoms with Crippen LogP contribution in [0.5, 0.6) is 0 Å². The summed E-state index contributed by atoms with van der Waals surface area (Å²) in [6, 6.07) is 22.5. The monoisotopic (exact) mass is 436 g/mol. The normalized spacial score (nSPS) is 11.1. The van der Waals surface area contributed by atoms with Gasteiger partial charge in [0.2, 0.25) is 0 Å². The van der Waals surface area contributed by atoms with E-state index in [1.807, 2.05) is 60.3 Å². The number of carbonyl (C=O) groups excluding carboxylic acids is 1. The lowest BCUT2D eigenvalue weighted by Gasteiger charge is -2.14. The Balaban J connectivity index is 1.28. The van der Waals surface area contributed by atoms with Crippen molar-refractivity contribution in [2.24, 2.45) is 0 Å². The molecular weight excluding hydrogens is 412 g/mol. The fourth-order valence-corrected chi connectivity index (χ4v) is 4.01. The van der Waals surface area contributed by atoms with Gasteiger partial charge in [-0.1, -0.05) is 65.9 Å². The summed E-state index contributed by atoms with van der Waals surface area (Å²) in [5.41, 5.74) is 4.56. The van der Waals surface area contributed by atoms with Gasteiger partial charge in [-0.05, 0) is 34.9 Å². The Kier molecular flexibility index (Phi) is 5.44. The molecule has 3 aromatic carbocycles. The summed E-state index contributed by atoms with van der Waals surface area (Å²) in [6.45, 7) is 3.03. The minimum Gasteiger partial charge on any atom is -0.336 e. The highest BCUT2D eigenvalue weighted by molar-refractivity contribution is 5.91. The largest absolute Gasteiger partial charge is 0.336 e. The third-order valence-electron chi connectivity index (χ3n) is 5.73. The molecular formula is C26H24N6O. The van der Waals surface area contributed by atoms with Crippen molar-refractivity contribution in [2.75, 3.05) is 7.05 Å². The molecule has 7 heteroatoms. The second-order valence-corrected chi connectivity index (χ2v) is 8.18. The Morgan fingerprint density at radius 1 is 0.970 bits per heavy atom. The van der Waals surface area contributed by atoms with Crippen LogP contribution in [0.2, 0.25) is 0 Å². The van der Waals surface area contributed by atoms with Crippen LogP contribution in [0.3, 0.4) is 0 Å². The number of carbonyl (C=O) groups is 1. The molecule has 5 aromatic rings. The van der Waals surface area contributed by atoms with E-state index in [0.717, 1.165) is 22.4 Å². The van der Waals surface area contributed by atoms with Gasteiger partial charge in [0.15, 0.2) is 5.69 Å². The van der Waals surface area contributed by atoms with E-state index in [-0.39, 0.29) is 5.91 Å². The van der Waals surface area contributed by atoms with E-state index < -0.39 is 0 Å². The molecule has 0 atom stereocenters. The molecule has 0 aliphatic rings. The molecule has 5 rings (SSSR count). The van der Waals surface area contributed by atoms with Gasteiger partial charge in [0.05, 0.1) is 24.6 Å². The van der Waals surface area contributed by atoms with Crippen LogP contribution in [-0.4, -0.2) is 42.6 Å². The maximum atomic E-state index is 12.9. The first-order valence-corrected chi connectivity index (χ1v) is 10.8. The molecule has 0 radical (unpaired) electrons. The predicted octanol–water partition coefficient (Wildman–Crippen LogP) is 4.25. The van der Waals surface area contributed by atoms with E-state index in [1.165, 1.54) is 10.8 Å². The minimum atomic E-state index is -0.178. The molecule has 2 aromatic heterocycles. The van der Waals surface area contributed by atoms with Crippen molar-refractivity contribution in [3.63, 3.8) is 0 Å². The first-order chi connectivity index (χ1) is 16.1. The first-order valence-electron chi connectivity index (χ1n) is 10.8. The second-order valence-electron chi connectivity index (χ2n) is 8.18. The third-order valence-corrected chi connectivity index (χ3v) is 5.73. The standard InChI is InChI=1S/C26H24N6O/c1-19-8-3-6-13-25(19)32-16-20(14-27-32)15-30(2)26(33)24-18-31(29-28-24)17-22-11-7-10-21-9-4-5-12-23(21)22/h3-14,16,18H,15,17H2,1-2H3. The van der Waals surface area contributed by atoms with Crippen molar-refractivity contribution in [2.45, 2.75) is 20.0 Å². The number of aryl methyl sites for hydroxylation is 1. The quantitative estimate of drug-likeness (QED) is 0.399. The minimum absolute atomic E-state index is 0.178. The summed E-state index contributed by atoms with van der Waals surface area (Å²) in [7, 11) is 1.76. The summed E-state index contributed by atoms with van der Waals surface area (Å²) in [6.07, 6.45) is 5.44. The Bertz CT molecular complexity index is 1430. The van der Waals surface area contributed by atoms with Crippen LogP contribution in [-0.2, 0) is 13.1 Å². The second kappa shape index (κ2) is 8.70. The van der Waals surface area contributed by atoms with Crippen molar-refractivity contribution >= 4 is 16.7 Å². The van der Waals surface area contributed by atoms with Crippen LogP contribution in [0.1, 0.15) is 27.2 Å². The average molecular weight is 437 g/mol. The number of aromatic nitrogens is 5. The van der Waals surface area contributed by atoms with Crippen LogP contribution < -0.4 is 0 Å². The molecule has 0 saturated heterocycles. The van der Waals surface area contributed by atoms with E-state index in [1.54, 1.807) is 29.0 Å². The van der Waals surface area contributed by atoms with E-state index >= 15 is 0 Å². The van der Waals surface area contributed by atoms with E-state index in [2.05, 4.69) is 39.7 Å². The van der Waals surface area contributed by atoms with Gasteiger partial charge in [0, 0.05) is 25.4 Å². The molecule has 0 aliphatic heterocycles. The van der Waals surface area contributed by atoms with Crippen molar-refractivity contribution in [3.8, 4) is 5.69 Å². The van der Waals surface area contributed by atoms with Crippen molar-refractivity contribution in [3.05, 3.63) is 108 Å². The van der Waals surface area contributed by atoms with Gasteiger partial charge in [0.25, 0.3) is 5.91 Å². The van der Waals surface area contributed by atoms with Crippen molar-refractivity contribution in [1.82, 2.24) is 29.7 Å². The zero-order valence-electron chi connectivity index (χ0n) is 18.6. The highest BCUT2D eigenvalue weighted by Gasteiger charge is 2.17. The number of para-hydroxylation sites is 1. The van der Waals surface area contributed by atoms with Crippen molar-refractivity contribution < 1.29 is 4.79 Å². The van der Waals surface area contributed by atoms with Gasteiger partial charge < -0.3 is 4.90 Å². The van der Waals surface area contributed by atoms with Crippen molar-refractivity contribution in [1.29, 1.82) is 0 Å². The van der Waals surface area contributed by atoms with Gasteiger partial charge in [-0.15, -0.1) is 5.10 Å². The van der Waals surface area contributed by atoms with Crippen LogP contribution in [0.15, 0.2) is 85.3 Å². The molecule has 2 heterocycles. The van der Waals surface area contributed by atoms with Gasteiger partial charge >= 0.3 is 0 Å². The number of rotatable bonds is 6. The fourth-order valence-electron chi connectivity index (χ4n) is 4.01. The van der Waals surface area contributed by atoms with Gasteiger partial charge in [0.1, 0.15) is 0 Å². The highest BCUT2D eigenvalue weighted by Crippen LogP contribution is 2.19. The van der Waals surface area contributed by atoms with Crippen LogP contribution in [0, 0.1) is 6.92 Å². The maximum Gasteiger partial charge on any atom is 0.276 e. The average Bonchev–Trinajstić information content (AvgIpc) is 3.49. The maximum absolute atomic E-state index is 12.9. The predicted molar refractivity (Wildman–Crippen MR) is 127 cm³/mol. The lowest BCUT2D eigenvalue weighted by Crippen LogP contribution is -2.26. The first kappa shape index (κ1) is 20.6. The molecule has 0 unspecified atom stereocenters. The lowest BCUT2D eigenvalue weighted by molar-refractivity contribution is 0.0779. The zero-order chi connectivity index (χ0) is 22.8. The molecule has 7 nitrogen and oxygen atoms in total. The van der Waals surface area contributed by atoms with Gasteiger partial charge in [-0.25, -0.2) is 9.36 Å². The Morgan fingerprint density at radius 2 is 1.76 bits per heavy atom. The molecule has 0 aliphatic carbocycles. The number of hydrogen-bond acceptors (Lipinski definition) is 4. The molecule has 0 spiro atoms. The zero-order valence-corrected chi connectivity index (χ0v) is 18.6. The summed E-state index contributed by atoms with van der Waals surface area (Å²) in [5.74, 6) is -0.178. The summed E-state index contributed by atoms with van der Waals surface area (Å²) in [5, 5.41) is 15.1. The Hall–Kier alpha value is -4.26. The molecule has 0 fully saturated rings. The SMILES string of the molecule is Cc1ccccc1-n1cc(CN(C)C(=O)c2cn(Cc3cccc4ccccc34)nn2)cn1. The van der Waals surface area contributed by atoms with Gasteiger partial charge in [-0.3, -0.25) is 4.79 Å². The van der Waals surface area contributed by atoms with Crippen LogP contribution in [0.4, 0.5) is 0 Å². The number of benzene rings is 3. The number of fused-ring (bicyclic) bond motifs is 1. The smallest absolute Gasteiger partial charge is 0.276 e. The number of nitrogens with zero attached hydrogens (tertiary/aromatic N) is 6. The van der Waals surface area contributed by atoms with Crippen LogP contribution >= 0.6 is 0 Å². The molecule has 0 N–H and O–H groups in total. The molecule has 0 saturated carbocycles. The van der Waals surface area contributed by atoms with Crippen LogP contribution in [0.25, 0.3) is 16.5 Å². The summed E-state index contributed by atoms with van der Waals surface area (Å²) < 4.78 is 3.54. The number of hydrogen-bond donors (Lipinski definition) is 0. The highest BCUT2D eigenvalue weighted by atomic mass is 16.2. The number of amides is 1.